The fraction of sp³-hybridized carbons (Fsp3) is 0. The summed E-state index contributed by atoms with van der Waals surface area (Å²) < 4.78 is 4.80. The summed E-state index contributed by atoms with van der Waals surface area (Å²) in [5.74, 6) is 0. The van der Waals surface area contributed by atoms with Crippen molar-refractivity contribution in [2.75, 3.05) is 0 Å². The molecule has 0 aliphatic heterocycles. The molecule has 0 N–H and O–H groups in total. The number of benzene rings is 8. The van der Waals surface area contributed by atoms with Crippen LogP contribution in [-0.2, 0) is 0 Å². The van der Waals surface area contributed by atoms with E-state index in [1.54, 1.807) is 0 Å². The summed E-state index contributed by atoms with van der Waals surface area (Å²) in [6.07, 6.45) is 1.94. The lowest BCUT2D eigenvalue weighted by Crippen LogP contribution is -2.02. The van der Waals surface area contributed by atoms with Gasteiger partial charge in [0, 0.05) is 49.6 Å². The summed E-state index contributed by atoms with van der Waals surface area (Å²) in [7, 11) is 0. The SMILES string of the molecule is c1ccc(-n2c3ccccc3c3c4c5ccccc5n(-c5cccc(-c6cnc7c(n6)-c6ccccc6-c6ccccc6-c6ccccc6-7)c5)c4ccc32)cc1. The Bertz CT molecular complexity index is 3360. The molecule has 4 nitrogen and oxygen atoms in total. The van der Waals surface area contributed by atoms with E-state index < -0.39 is 0 Å². The Labute approximate surface area is 323 Å². The Balaban J connectivity index is 1.08. The first-order valence-electron chi connectivity index (χ1n) is 19.1. The molecule has 0 bridgehead atoms. The van der Waals surface area contributed by atoms with E-state index in [1.165, 1.54) is 49.2 Å². The number of hydrogen-bond acceptors (Lipinski definition) is 2. The molecular formula is C52H32N4. The molecule has 0 saturated carbocycles. The highest BCUT2D eigenvalue weighted by Gasteiger charge is 2.25. The summed E-state index contributed by atoms with van der Waals surface area (Å²) in [5.41, 5.74) is 17.5. The molecule has 0 atom stereocenters. The Morgan fingerprint density at radius 3 is 1.41 bits per heavy atom. The van der Waals surface area contributed by atoms with Crippen LogP contribution >= 0.6 is 0 Å². The Morgan fingerprint density at radius 1 is 0.339 bits per heavy atom. The van der Waals surface area contributed by atoms with Crippen LogP contribution in [0, 0.1) is 0 Å². The molecule has 1 aliphatic rings. The average molecular weight is 713 g/mol. The zero-order chi connectivity index (χ0) is 36.7. The Hall–Kier alpha value is -7.56. The quantitative estimate of drug-likeness (QED) is 0.183. The van der Waals surface area contributed by atoms with E-state index in [1.807, 2.05) is 6.20 Å². The fourth-order valence-electron chi connectivity index (χ4n) is 9.17. The van der Waals surface area contributed by atoms with Crippen LogP contribution in [0.15, 0.2) is 194 Å². The summed E-state index contributed by atoms with van der Waals surface area (Å²) in [6.45, 7) is 0. The van der Waals surface area contributed by atoms with Gasteiger partial charge in [-0.15, -0.1) is 0 Å². The lowest BCUT2D eigenvalue weighted by atomic mass is 9.84. The predicted molar refractivity (Wildman–Crippen MR) is 231 cm³/mol. The van der Waals surface area contributed by atoms with E-state index in [-0.39, 0.29) is 0 Å². The van der Waals surface area contributed by atoms with Gasteiger partial charge in [-0.25, -0.2) is 4.98 Å². The lowest BCUT2D eigenvalue weighted by molar-refractivity contribution is 1.17. The van der Waals surface area contributed by atoms with Gasteiger partial charge in [0.25, 0.3) is 0 Å². The van der Waals surface area contributed by atoms with Gasteiger partial charge in [0.2, 0.25) is 0 Å². The highest BCUT2D eigenvalue weighted by molar-refractivity contribution is 6.29. The van der Waals surface area contributed by atoms with Crippen LogP contribution in [0.25, 0.3) is 111 Å². The number of nitrogens with zero attached hydrogens (tertiary/aromatic N) is 4. The molecule has 8 aromatic carbocycles. The maximum atomic E-state index is 5.48. The van der Waals surface area contributed by atoms with Crippen LogP contribution in [0.2, 0.25) is 0 Å². The van der Waals surface area contributed by atoms with Gasteiger partial charge >= 0.3 is 0 Å². The molecule has 3 aromatic heterocycles. The second-order valence-electron chi connectivity index (χ2n) is 14.5. The van der Waals surface area contributed by atoms with E-state index in [0.717, 1.165) is 61.8 Å². The van der Waals surface area contributed by atoms with Crippen molar-refractivity contribution in [3.63, 3.8) is 0 Å². The van der Waals surface area contributed by atoms with Crippen molar-refractivity contribution in [3.8, 4) is 67.4 Å². The minimum atomic E-state index is 0.834. The van der Waals surface area contributed by atoms with Crippen molar-refractivity contribution in [2.24, 2.45) is 0 Å². The van der Waals surface area contributed by atoms with E-state index in [2.05, 4.69) is 197 Å². The molecule has 12 rings (SSSR count). The molecule has 0 amide bonds. The average Bonchev–Trinajstić information content (AvgIpc) is 3.79. The van der Waals surface area contributed by atoms with Crippen LogP contribution < -0.4 is 0 Å². The monoisotopic (exact) mass is 712 g/mol. The van der Waals surface area contributed by atoms with Gasteiger partial charge in [0.15, 0.2) is 0 Å². The second-order valence-corrected chi connectivity index (χ2v) is 14.5. The molecular weight excluding hydrogens is 681 g/mol. The van der Waals surface area contributed by atoms with Gasteiger partial charge in [0.05, 0.1) is 45.3 Å². The largest absolute Gasteiger partial charge is 0.309 e. The van der Waals surface area contributed by atoms with E-state index >= 15 is 0 Å². The summed E-state index contributed by atoms with van der Waals surface area (Å²) in [6, 6.07) is 67.4. The van der Waals surface area contributed by atoms with Crippen LogP contribution in [-0.4, -0.2) is 19.1 Å². The van der Waals surface area contributed by atoms with Crippen molar-refractivity contribution in [2.45, 2.75) is 0 Å². The molecule has 0 saturated heterocycles. The van der Waals surface area contributed by atoms with Crippen molar-refractivity contribution < 1.29 is 0 Å². The second kappa shape index (κ2) is 12.0. The topological polar surface area (TPSA) is 35.6 Å². The van der Waals surface area contributed by atoms with E-state index in [4.69, 9.17) is 9.97 Å². The zero-order valence-electron chi connectivity index (χ0n) is 30.3. The minimum Gasteiger partial charge on any atom is -0.309 e. The van der Waals surface area contributed by atoms with Crippen molar-refractivity contribution in [1.82, 2.24) is 19.1 Å². The minimum absolute atomic E-state index is 0.834. The summed E-state index contributed by atoms with van der Waals surface area (Å²) in [5, 5.41) is 4.99. The van der Waals surface area contributed by atoms with Gasteiger partial charge in [-0.1, -0.05) is 140 Å². The van der Waals surface area contributed by atoms with E-state index in [0.29, 0.717) is 0 Å². The molecule has 0 unspecified atom stereocenters. The van der Waals surface area contributed by atoms with Crippen LogP contribution in [0.5, 0.6) is 0 Å². The maximum Gasteiger partial charge on any atom is 0.0979 e. The predicted octanol–water partition coefficient (Wildman–Crippen LogP) is 13.3. The molecule has 56 heavy (non-hydrogen) atoms. The highest BCUT2D eigenvalue weighted by atomic mass is 15.0. The van der Waals surface area contributed by atoms with Crippen LogP contribution in [0.4, 0.5) is 0 Å². The molecule has 1 aliphatic carbocycles. The maximum absolute atomic E-state index is 5.48. The van der Waals surface area contributed by atoms with Crippen LogP contribution in [0.1, 0.15) is 0 Å². The summed E-state index contributed by atoms with van der Waals surface area (Å²) in [4.78, 5) is 10.7. The number of aromatic nitrogens is 4. The Morgan fingerprint density at radius 2 is 0.804 bits per heavy atom. The number of fused-ring (bicyclic) bond motifs is 15. The Kier molecular flexibility index (Phi) is 6.60. The number of rotatable bonds is 3. The molecule has 3 heterocycles. The molecule has 260 valence electrons. The fourth-order valence-corrected chi connectivity index (χ4v) is 9.17. The van der Waals surface area contributed by atoms with Gasteiger partial charge in [0.1, 0.15) is 0 Å². The summed E-state index contributed by atoms with van der Waals surface area (Å²) >= 11 is 0. The zero-order valence-corrected chi connectivity index (χ0v) is 30.3. The van der Waals surface area contributed by atoms with Crippen molar-refractivity contribution >= 4 is 43.6 Å². The third-order valence-corrected chi connectivity index (χ3v) is 11.5. The third kappa shape index (κ3) is 4.41. The van der Waals surface area contributed by atoms with E-state index in [9.17, 15) is 0 Å². The first-order valence-corrected chi connectivity index (χ1v) is 19.1. The van der Waals surface area contributed by atoms with Gasteiger partial charge in [-0.2, -0.15) is 0 Å². The normalized spacial score (nSPS) is 11.9. The molecule has 4 heteroatoms. The van der Waals surface area contributed by atoms with Gasteiger partial charge < -0.3 is 9.13 Å². The van der Waals surface area contributed by atoms with Crippen LogP contribution in [0.3, 0.4) is 0 Å². The standard InChI is InChI=1S/C52H32N4/c1-2-16-34(17-3-1)55-45-27-12-10-25-42(45)49-47(55)29-30-48-50(49)43-26-11-13-28-46(43)56(48)35-18-14-15-33(31-35)44-32-53-51-40-23-8-6-21-38(40)36-19-4-5-20-37(36)39-22-7-9-24-41(39)52(51)54-44/h1-32H. The molecule has 0 spiro atoms. The van der Waals surface area contributed by atoms with Gasteiger partial charge in [-0.05, 0) is 70.8 Å². The molecule has 0 radical (unpaired) electrons. The first kappa shape index (κ1) is 30.9. The molecule has 11 aromatic rings. The lowest BCUT2D eigenvalue weighted by Gasteiger charge is -2.22. The first-order chi connectivity index (χ1) is 27.8. The van der Waals surface area contributed by atoms with Crippen molar-refractivity contribution in [1.29, 1.82) is 0 Å². The van der Waals surface area contributed by atoms with Gasteiger partial charge in [-0.3, -0.25) is 4.98 Å². The number of para-hydroxylation sites is 3. The number of hydrogen-bond donors (Lipinski definition) is 0. The van der Waals surface area contributed by atoms with Crippen molar-refractivity contribution in [3.05, 3.63) is 194 Å². The highest BCUT2D eigenvalue weighted by Crippen LogP contribution is 2.47. The third-order valence-electron chi connectivity index (χ3n) is 11.5. The smallest absolute Gasteiger partial charge is 0.0979 e. The molecule has 0 fully saturated rings.